The second kappa shape index (κ2) is 4.87. The topological polar surface area (TPSA) is 0 Å². The Morgan fingerprint density at radius 2 is 1.75 bits per heavy atom. The predicted molar refractivity (Wildman–Crippen MR) is 75.8 cm³/mol. The number of alkyl halides is 1. The Morgan fingerprint density at radius 3 is 2.19 bits per heavy atom. The van der Waals surface area contributed by atoms with Gasteiger partial charge in [0.2, 0.25) is 0 Å². The van der Waals surface area contributed by atoms with Crippen molar-refractivity contribution in [3.05, 3.63) is 41.7 Å². The summed E-state index contributed by atoms with van der Waals surface area (Å²) in [7, 11) is 0. The Labute approximate surface area is 118 Å². The molecule has 0 amide bonds. The molecule has 0 bridgehead atoms. The van der Waals surface area contributed by atoms with E-state index in [9.17, 15) is 0 Å². The second-order valence-electron chi connectivity index (χ2n) is 3.51. The molecule has 0 saturated carbocycles. The molecule has 16 heavy (non-hydrogen) atoms. The maximum atomic E-state index is 6.44. The molecule has 0 aliphatic carbocycles. The quantitative estimate of drug-likeness (QED) is 0.591. The van der Waals surface area contributed by atoms with Gasteiger partial charge in [0.15, 0.2) is 0 Å². The van der Waals surface area contributed by atoms with Crippen LogP contribution in [0, 0.1) is 13.8 Å². The van der Waals surface area contributed by atoms with E-state index in [0.717, 1.165) is 11.1 Å². The normalized spacial score (nSPS) is 13.1. The molecule has 0 aromatic carbocycles. The first-order chi connectivity index (χ1) is 7.49. The molecule has 0 spiro atoms. The largest absolute Gasteiger partial charge is 0.146 e. The van der Waals surface area contributed by atoms with Crippen molar-refractivity contribution in [3.63, 3.8) is 0 Å². The molecule has 5 heteroatoms. The average molecular weight is 312 g/mol. The Bertz CT molecular complexity index is 467. The molecule has 86 valence electrons. The highest BCUT2D eigenvalue weighted by atomic mass is 35.5. The minimum absolute atomic E-state index is 0.207. The standard InChI is InChI=1S/C11H9Cl3S2/c1-5-3-7(6(2)15-5)10(13)8-4-9(12)16-11(8)14/h3-4,10H,1-2H3. The van der Waals surface area contributed by atoms with Gasteiger partial charge in [-0.3, -0.25) is 0 Å². The van der Waals surface area contributed by atoms with Gasteiger partial charge in [0.25, 0.3) is 0 Å². The van der Waals surface area contributed by atoms with E-state index in [1.165, 1.54) is 21.1 Å². The highest BCUT2D eigenvalue weighted by Gasteiger charge is 2.20. The van der Waals surface area contributed by atoms with Crippen LogP contribution in [0.4, 0.5) is 0 Å². The highest BCUT2D eigenvalue weighted by Crippen LogP contribution is 2.42. The predicted octanol–water partition coefficient (Wildman–Crippen LogP) is 6.06. The van der Waals surface area contributed by atoms with Crippen molar-refractivity contribution in [2.45, 2.75) is 19.2 Å². The zero-order chi connectivity index (χ0) is 11.9. The minimum Gasteiger partial charge on any atom is -0.146 e. The molecule has 0 aliphatic rings. The number of thiophene rings is 2. The second-order valence-corrected chi connectivity index (χ2v) is 7.69. The fourth-order valence-corrected chi connectivity index (χ4v) is 4.68. The van der Waals surface area contributed by atoms with Crippen molar-refractivity contribution in [3.8, 4) is 0 Å². The van der Waals surface area contributed by atoms with Crippen LogP contribution in [-0.2, 0) is 0 Å². The van der Waals surface area contributed by atoms with Gasteiger partial charge < -0.3 is 0 Å². The summed E-state index contributed by atoms with van der Waals surface area (Å²) in [6.07, 6.45) is 0. The maximum Gasteiger partial charge on any atom is 0.0994 e. The molecule has 2 heterocycles. The number of hydrogen-bond acceptors (Lipinski definition) is 2. The molecule has 1 atom stereocenters. The van der Waals surface area contributed by atoms with Gasteiger partial charge in [-0.15, -0.1) is 34.3 Å². The van der Waals surface area contributed by atoms with Crippen LogP contribution in [0.5, 0.6) is 0 Å². The molecular formula is C11H9Cl3S2. The fourth-order valence-electron chi connectivity index (χ4n) is 1.60. The van der Waals surface area contributed by atoms with Gasteiger partial charge in [-0.05, 0) is 31.5 Å². The summed E-state index contributed by atoms with van der Waals surface area (Å²) in [5, 5.41) is -0.207. The van der Waals surface area contributed by atoms with E-state index in [1.54, 1.807) is 11.3 Å². The summed E-state index contributed by atoms with van der Waals surface area (Å²) < 4.78 is 1.35. The Hall–Kier alpha value is 0.270. The van der Waals surface area contributed by atoms with Crippen LogP contribution in [0.15, 0.2) is 12.1 Å². The zero-order valence-electron chi connectivity index (χ0n) is 8.68. The van der Waals surface area contributed by atoms with E-state index in [1.807, 2.05) is 6.07 Å². The van der Waals surface area contributed by atoms with E-state index in [0.29, 0.717) is 8.67 Å². The van der Waals surface area contributed by atoms with Crippen molar-refractivity contribution >= 4 is 57.5 Å². The van der Waals surface area contributed by atoms with Crippen LogP contribution in [0.2, 0.25) is 8.67 Å². The first-order valence-electron chi connectivity index (χ1n) is 4.64. The molecular weight excluding hydrogens is 303 g/mol. The Morgan fingerprint density at radius 1 is 1.06 bits per heavy atom. The maximum absolute atomic E-state index is 6.44. The smallest absolute Gasteiger partial charge is 0.0994 e. The Balaban J connectivity index is 2.42. The van der Waals surface area contributed by atoms with Crippen LogP contribution in [0.3, 0.4) is 0 Å². The summed E-state index contributed by atoms with van der Waals surface area (Å²) in [5.41, 5.74) is 2.03. The van der Waals surface area contributed by atoms with Crippen LogP contribution >= 0.6 is 57.5 Å². The molecule has 2 rings (SSSR count). The molecule has 0 nitrogen and oxygen atoms in total. The third-order valence-electron chi connectivity index (χ3n) is 2.31. The SMILES string of the molecule is Cc1cc(C(Cl)c2cc(Cl)sc2Cl)c(C)s1. The van der Waals surface area contributed by atoms with Crippen molar-refractivity contribution in [2.24, 2.45) is 0 Å². The van der Waals surface area contributed by atoms with Crippen LogP contribution < -0.4 is 0 Å². The van der Waals surface area contributed by atoms with Crippen molar-refractivity contribution in [2.75, 3.05) is 0 Å². The van der Waals surface area contributed by atoms with Crippen LogP contribution in [0.1, 0.15) is 26.3 Å². The van der Waals surface area contributed by atoms with Crippen LogP contribution in [-0.4, -0.2) is 0 Å². The van der Waals surface area contributed by atoms with Gasteiger partial charge >= 0.3 is 0 Å². The summed E-state index contributed by atoms with van der Waals surface area (Å²) in [4.78, 5) is 2.49. The molecule has 2 aromatic heterocycles. The monoisotopic (exact) mass is 310 g/mol. The van der Waals surface area contributed by atoms with E-state index in [4.69, 9.17) is 34.8 Å². The van der Waals surface area contributed by atoms with Gasteiger partial charge in [0.1, 0.15) is 0 Å². The summed E-state index contributed by atoms with van der Waals surface area (Å²) in [6.45, 7) is 4.15. The van der Waals surface area contributed by atoms with Crippen molar-refractivity contribution < 1.29 is 0 Å². The van der Waals surface area contributed by atoms with Gasteiger partial charge in [-0.25, -0.2) is 0 Å². The summed E-state index contributed by atoms with van der Waals surface area (Å²) in [5.74, 6) is 0. The zero-order valence-corrected chi connectivity index (χ0v) is 12.6. The first kappa shape index (κ1) is 12.7. The van der Waals surface area contributed by atoms with E-state index < -0.39 is 0 Å². The minimum atomic E-state index is -0.207. The lowest BCUT2D eigenvalue weighted by molar-refractivity contribution is 1.15. The number of hydrogen-bond donors (Lipinski definition) is 0. The van der Waals surface area contributed by atoms with Gasteiger partial charge in [0.05, 0.1) is 14.0 Å². The van der Waals surface area contributed by atoms with E-state index in [-0.39, 0.29) is 5.38 Å². The molecule has 1 unspecified atom stereocenters. The molecule has 0 N–H and O–H groups in total. The molecule has 0 fully saturated rings. The van der Waals surface area contributed by atoms with E-state index >= 15 is 0 Å². The molecule has 2 aromatic rings. The number of aryl methyl sites for hydroxylation is 2. The molecule has 0 aliphatic heterocycles. The average Bonchev–Trinajstić information content (AvgIpc) is 2.68. The van der Waals surface area contributed by atoms with Crippen molar-refractivity contribution in [1.82, 2.24) is 0 Å². The third-order valence-corrected chi connectivity index (χ3v) is 5.28. The molecule has 0 saturated heterocycles. The Kier molecular flexibility index (Phi) is 3.87. The van der Waals surface area contributed by atoms with E-state index in [2.05, 4.69) is 19.9 Å². The van der Waals surface area contributed by atoms with Gasteiger partial charge in [0, 0.05) is 15.3 Å². The lowest BCUT2D eigenvalue weighted by atomic mass is 10.1. The summed E-state index contributed by atoms with van der Waals surface area (Å²) >= 11 is 21.6. The van der Waals surface area contributed by atoms with Crippen LogP contribution in [0.25, 0.3) is 0 Å². The lowest BCUT2D eigenvalue weighted by Crippen LogP contribution is -1.91. The molecule has 0 radical (unpaired) electrons. The number of halogens is 3. The fraction of sp³-hybridized carbons (Fsp3) is 0.273. The van der Waals surface area contributed by atoms with Gasteiger partial charge in [-0.2, -0.15) is 0 Å². The van der Waals surface area contributed by atoms with Crippen molar-refractivity contribution in [1.29, 1.82) is 0 Å². The number of rotatable bonds is 2. The third kappa shape index (κ3) is 2.41. The van der Waals surface area contributed by atoms with Gasteiger partial charge in [-0.1, -0.05) is 23.2 Å². The highest BCUT2D eigenvalue weighted by molar-refractivity contribution is 7.20. The lowest BCUT2D eigenvalue weighted by Gasteiger charge is -2.07. The first-order valence-corrected chi connectivity index (χ1v) is 7.47. The summed E-state index contributed by atoms with van der Waals surface area (Å²) in [6, 6.07) is 3.96.